The molecule has 0 aliphatic rings. The van der Waals surface area contributed by atoms with Crippen molar-refractivity contribution in [2.75, 3.05) is 0 Å². The van der Waals surface area contributed by atoms with Crippen LogP contribution in [0, 0.1) is 0 Å². The molecule has 0 aliphatic heterocycles. The molecule has 2 aromatic rings. The highest BCUT2D eigenvalue weighted by atomic mass is 16.3. The van der Waals surface area contributed by atoms with E-state index in [2.05, 4.69) is 4.98 Å². The lowest BCUT2D eigenvalue weighted by atomic mass is 10.2. The molecule has 0 radical (unpaired) electrons. The Morgan fingerprint density at radius 3 is 2.60 bits per heavy atom. The predicted octanol–water partition coefficient (Wildman–Crippen LogP) is 0.997. The molecule has 1 heterocycles. The Bertz CT molecular complexity index is 502. The van der Waals surface area contributed by atoms with Gasteiger partial charge in [0.25, 0.3) is 5.56 Å². The van der Waals surface area contributed by atoms with Gasteiger partial charge in [-0.1, -0.05) is 12.1 Å². The van der Waals surface area contributed by atoms with Gasteiger partial charge in [-0.15, -0.1) is 0 Å². The average Bonchev–Trinajstić information content (AvgIpc) is 2.25. The third kappa shape index (κ3) is 2.22. The second kappa shape index (κ2) is 3.96. The van der Waals surface area contributed by atoms with E-state index in [9.17, 15) is 4.79 Å². The lowest BCUT2D eigenvalue weighted by Gasteiger charge is -2.04. The molecule has 0 saturated carbocycles. The molecule has 0 atom stereocenters. The minimum absolute atomic E-state index is 0.0851. The number of hydrogen-bond acceptors (Lipinski definition) is 3. The van der Waals surface area contributed by atoms with Crippen LogP contribution in [0.2, 0.25) is 0 Å². The largest absolute Gasteiger partial charge is 0.508 e. The van der Waals surface area contributed by atoms with Gasteiger partial charge in [0.05, 0.1) is 12.9 Å². The highest BCUT2D eigenvalue weighted by molar-refractivity contribution is 5.25. The van der Waals surface area contributed by atoms with Crippen molar-refractivity contribution in [1.29, 1.82) is 0 Å². The van der Waals surface area contributed by atoms with Crippen molar-refractivity contribution in [2.45, 2.75) is 6.54 Å². The van der Waals surface area contributed by atoms with E-state index in [1.165, 1.54) is 23.2 Å². The van der Waals surface area contributed by atoms with Crippen molar-refractivity contribution in [1.82, 2.24) is 9.55 Å². The summed E-state index contributed by atoms with van der Waals surface area (Å²) in [6.07, 6.45) is 2.96. The topological polar surface area (TPSA) is 55.1 Å². The minimum Gasteiger partial charge on any atom is -0.508 e. The summed E-state index contributed by atoms with van der Waals surface area (Å²) in [5, 5.41) is 9.10. The van der Waals surface area contributed by atoms with Crippen LogP contribution in [0.5, 0.6) is 5.75 Å². The Hall–Kier alpha value is -2.10. The number of aromatic hydroxyl groups is 1. The van der Waals surface area contributed by atoms with Crippen molar-refractivity contribution >= 4 is 0 Å². The molecule has 0 bridgehead atoms. The number of phenols is 1. The molecule has 0 fully saturated rings. The summed E-state index contributed by atoms with van der Waals surface area (Å²) in [6, 6.07) is 8.15. The highest BCUT2D eigenvalue weighted by Gasteiger charge is 1.97. The Balaban J connectivity index is 2.26. The maximum Gasteiger partial charge on any atom is 0.253 e. The summed E-state index contributed by atoms with van der Waals surface area (Å²) in [5.41, 5.74) is 0.862. The van der Waals surface area contributed by atoms with Crippen LogP contribution in [0.15, 0.2) is 47.7 Å². The third-order valence-corrected chi connectivity index (χ3v) is 2.08. The monoisotopic (exact) mass is 202 g/mol. The summed E-state index contributed by atoms with van der Waals surface area (Å²) in [7, 11) is 0. The van der Waals surface area contributed by atoms with Gasteiger partial charge >= 0.3 is 0 Å². The summed E-state index contributed by atoms with van der Waals surface area (Å²) in [5.74, 6) is 0.220. The SMILES string of the molecule is O=c1ccncn1Cc1ccc(O)cc1. The van der Waals surface area contributed by atoms with Crippen LogP contribution in [0.4, 0.5) is 0 Å². The van der Waals surface area contributed by atoms with Gasteiger partial charge in [-0.25, -0.2) is 4.98 Å². The maximum absolute atomic E-state index is 11.4. The Labute approximate surface area is 86.5 Å². The smallest absolute Gasteiger partial charge is 0.253 e. The fourth-order valence-electron chi connectivity index (χ4n) is 1.30. The van der Waals surface area contributed by atoms with Crippen molar-refractivity contribution in [3.8, 4) is 5.75 Å². The number of nitrogens with zero attached hydrogens (tertiary/aromatic N) is 2. The van der Waals surface area contributed by atoms with Crippen LogP contribution in [0.3, 0.4) is 0 Å². The van der Waals surface area contributed by atoms with E-state index in [4.69, 9.17) is 5.11 Å². The predicted molar refractivity (Wildman–Crippen MR) is 55.7 cm³/mol. The second-order valence-electron chi connectivity index (χ2n) is 3.21. The summed E-state index contributed by atoms with van der Waals surface area (Å²) in [4.78, 5) is 15.2. The van der Waals surface area contributed by atoms with E-state index in [0.29, 0.717) is 6.54 Å². The quantitative estimate of drug-likeness (QED) is 0.790. The molecule has 4 heteroatoms. The summed E-state index contributed by atoms with van der Waals surface area (Å²) < 4.78 is 1.51. The van der Waals surface area contributed by atoms with Gasteiger partial charge < -0.3 is 5.11 Å². The minimum atomic E-state index is -0.0851. The van der Waals surface area contributed by atoms with E-state index in [-0.39, 0.29) is 11.3 Å². The van der Waals surface area contributed by atoms with Crippen LogP contribution in [0.1, 0.15) is 5.56 Å². The van der Waals surface area contributed by atoms with Crippen molar-refractivity contribution in [3.05, 3.63) is 58.8 Å². The molecule has 2 rings (SSSR count). The molecule has 0 spiro atoms. The van der Waals surface area contributed by atoms with Gasteiger partial charge in [0.15, 0.2) is 0 Å². The zero-order chi connectivity index (χ0) is 10.7. The molecular weight excluding hydrogens is 192 g/mol. The molecule has 15 heavy (non-hydrogen) atoms. The fourth-order valence-corrected chi connectivity index (χ4v) is 1.30. The lowest BCUT2D eigenvalue weighted by Crippen LogP contribution is -2.19. The van der Waals surface area contributed by atoms with E-state index >= 15 is 0 Å². The zero-order valence-corrected chi connectivity index (χ0v) is 8.00. The van der Waals surface area contributed by atoms with Gasteiger partial charge in [0, 0.05) is 12.3 Å². The van der Waals surface area contributed by atoms with Crippen molar-refractivity contribution in [2.24, 2.45) is 0 Å². The molecule has 76 valence electrons. The fraction of sp³-hybridized carbons (Fsp3) is 0.0909. The molecular formula is C11H10N2O2. The summed E-state index contributed by atoms with van der Waals surface area (Å²) in [6.45, 7) is 0.465. The number of aromatic nitrogens is 2. The Kier molecular flexibility index (Phi) is 2.49. The number of benzene rings is 1. The standard InChI is InChI=1S/C11H10N2O2/c14-10-3-1-9(2-4-10)7-13-8-12-6-5-11(13)15/h1-6,8,14H,7H2. The van der Waals surface area contributed by atoms with E-state index in [0.717, 1.165) is 5.56 Å². The van der Waals surface area contributed by atoms with E-state index < -0.39 is 0 Å². The molecule has 0 amide bonds. The molecule has 1 aromatic carbocycles. The van der Waals surface area contributed by atoms with Gasteiger partial charge in [0.1, 0.15) is 5.75 Å². The van der Waals surface area contributed by atoms with Crippen LogP contribution in [-0.2, 0) is 6.54 Å². The molecule has 0 unspecified atom stereocenters. The van der Waals surface area contributed by atoms with Crippen LogP contribution >= 0.6 is 0 Å². The zero-order valence-electron chi connectivity index (χ0n) is 8.00. The first-order chi connectivity index (χ1) is 7.25. The maximum atomic E-state index is 11.4. The van der Waals surface area contributed by atoms with Crippen LogP contribution in [-0.4, -0.2) is 14.7 Å². The van der Waals surface area contributed by atoms with Crippen LogP contribution in [0.25, 0.3) is 0 Å². The molecule has 0 saturated heterocycles. The first-order valence-electron chi connectivity index (χ1n) is 4.54. The molecule has 1 N–H and O–H groups in total. The Morgan fingerprint density at radius 2 is 1.93 bits per heavy atom. The van der Waals surface area contributed by atoms with Crippen molar-refractivity contribution in [3.63, 3.8) is 0 Å². The third-order valence-electron chi connectivity index (χ3n) is 2.08. The van der Waals surface area contributed by atoms with Gasteiger partial charge in [-0.05, 0) is 17.7 Å². The number of hydrogen-bond donors (Lipinski definition) is 1. The van der Waals surface area contributed by atoms with Crippen LogP contribution < -0.4 is 5.56 Å². The number of phenolic OH excluding ortho intramolecular Hbond substituents is 1. The summed E-state index contributed by atoms with van der Waals surface area (Å²) >= 11 is 0. The first kappa shape index (κ1) is 9.45. The first-order valence-corrected chi connectivity index (χ1v) is 4.54. The normalized spacial score (nSPS) is 10.1. The van der Waals surface area contributed by atoms with Gasteiger partial charge in [-0.2, -0.15) is 0 Å². The second-order valence-corrected chi connectivity index (χ2v) is 3.21. The number of rotatable bonds is 2. The molecule has 4 nitrogen and oxygen atoms in total. The van der Waals surface area contributed by atoms with Gasteiger partial charge in [-0.3, -0.25) is 9.36 Å². The Morgan fingerprint density at radius 1 is 1.20 bits per heavy atom. The van der Waals surface area contributed by atoms with Gasteiger partial charge in [0.2, 0.25) is 0 Å². The lowest BCUT2D eigenvalue weighted by molar-refractivity contribution is 0.475. The average molecular weight is 202 g/mol. The van der Waals surface area contributed by atoms with E-state index in [1.807, 2.05) is 0 Å². The molecule has 1 aromatic heterocycles. The van der Waals surface area contributed by atoms with Crippen molar-refractivity contribution < 1.29 is 5.11 Å². The molecule has 0 aliphatic carbocycles. The van der Waals surface area contributed by atoms with E-state index in [1.54, 1.807) is 24.3 Å². The highest BCUT2D eigenvalue weighted by Crippen LogP contribution is 2.09.